The van der Waals surface area contributed by atoms with E-state index in [1.807, 2.05) is 11.8 Å². The van der Waals surface area contributed by atoms with Crippen LogP contribution in [0.2, 0.25) is 0 Å². The Morgan fingerprint density at radius 2 is 2.15 bits per heavy atom. The molecule has 3 atom stereocenters. The molecule has 4 heterocycles. The second-order valence-corrected chi connectivity index (χ2v) is 7.77. The van der Waals surface area contributed by atoms with E-state index in [9.17, 15) is 14.4 Å². The maximum absolute atomic E-state index is 13.2. The molecule has 0 bridgehead atoms. The van der Waals surface area contributed by atoms with Crippen LogP contribution in [0, 0.1) is 5.92 Å². The lowest BCUT2D eigenvalue weighted by atomic mass is 10.0. The third kappa shape index (κ3) is 2.26. The quantitative estimate of drug-likeness (QED) is 0.877. The summed E-state index contributed by atoms with van der Waals surface area (Å²) in [6.45, 7) is 7.18. The Balaban J connectivity index is 1.67. The molecule has 3 aliphatic heterocycles. The Morgan fingerprint density at radius 1 is 1.38 bits per heavy atom. The van der Waals surface area contributed by atoms with E-state index in [0.29, 0.717) is 49.6 Å². The van der Waals surface area contributed by atoms with Crippen molar-refractivity contribution in [3.05, 3.63) is 33.7 Å². The zero-order valence-corrected chi connectivity index (χ0v) is 15.4. The SMILES string of the molecule is CCc1[nH]c(=O)ccc1C(=O)N1CC[C@@]23OC[C@@H](C(C)C)N2C(=O)C[C@@H]13. The highest BCUT2D eigenvalue weighted by Crippen LogP contribution is 2.49. The predicted molar refractivity (Wildman–Crippen MR) is 94.7 cm³/mol. The number of nitrogens with zero attached hydrogens (tertiary/aromatic N) is 2. The van der Waals surface area contributed by atoms with Gasteiger partial charge in [-0.25, -0.2) is 0 Å². The summed E-state index contributed by atoms with van der Waals surface area (Å²) in [6.07, 6.45) is 1.51. The minimum atomic E-state index is -0.670. The van der Waals surface area contributed by atoms with Crippen LogP contribution in [0.3, 0.4) is 0 Å². The lowest BCUT2D eigenvalue weighted by molar-refractivity contribution is -0.139. The molecule has 0 unspecified atom stereocenters. The number of pyridine rings is 1. The van der Waals surface area contributed by atoms with E-state index in [0.717, 1.165) is 0 Å². The van der Waals surface area contributed by atoms with Crippen molar-refractivity contribution < 1.29 is 14.3 Å². The van der Waals surface area contributed by atoms with Crippen LogP contribution in [0.5, 0.6) is 0 Å². The summed E-state index contributed by atoms with van der Waals surface area (Å²) in [5.74, 6) is 0.250. The molecule has 1 aromatic heterocycles. The first-order valence-electron chi connectivity index (χ1n) is 9.38. The highest BCUT2D eigenvalue weighted by atomic mass is 16.5. The molecule has 7 heteroatoms. The maximum Gasteiger partial charge on any atom is 0.256 e. The summed E-state index contributed by atoms with van der Waals surface area (Å²) in [6, 6.07) is 2.78. The number of H-pyrrole nitrogens is 1. The van der Waals surface area contributed by atoms with Crippen LogP contribution in [-0.4, -0.2) is 57.6 Å². The molecule has 0 radical (unpaired) electrons. The fraction of sp³-hybridized carbons (Fsp3) is 0.632. The average Bonchev–Trinajstić information content (AvgIpc) is 3.23. The fourth-order valence-electron chi connectivity index (χ4n) is 4.76. The van der Waals surface area contributed by atoms with Crippen LogP contribution >= 0.6 is 0 Å². The number of carbonyl (C=O) groups is 2. The van der Waals surface area contributed by atoms with Crippen molar-refractivity contribution in [1.29, 1.82) is 0 Å². The number of aryl methyl sites for hydroxylation is 1. The van der Waals surface area contributed by atoms with Crippen molar-refractivity contribution >= 4 is 11.8 Å². The molecule has 3 aliphatic rings. The van der Waals surface area contributed by atoms with Gasteiger partial charge in [0, 0.05) is 24.7 Å². The highest BCUT2D eigenvalue weighted by molar-refractivity contribution is 5.96. The number of aromatic nitrogens is 1. The van der Waals surface area contributed by atoms with Crippen LogP contribution < -0.4 is 5.56 Å². The molecule has 26 heavy (non-hydrogen) atoms. The van der Waals surface area contributed by atoms with Crippen molar-refractivity contribution in [3.8, 4) is 0 Å². The largest absolute Gasteiger partial charge is 0.351 e. The van der Waals surface area contributed by atoms with Gasteiger partial charge in [-0.05, 0) is 18.4 Å². The molecule has 0 saturated carbocycles. The Bertz CT molecular complexity index is 817. The first-order valence-corrected chi connectivity index (χ1v) is 9.38. The van der Waals surface area contributed by atoms with Crippen LogP contribution in [0.1, 0.15) is 49.7 Å². The minimum absolute atomic E-state index is 0.0703. The normalized spacial score (nSPS) is 30.2. The molecule has 4 rings (SSSR count). The smallest absolute Gasteiger partial charge is 0.256 e. The number of nitrogens with one attached hydrogen (secondary N) is 1. The van der Waals surface area contributed by atoms with Gasteiger partial charge in [0.1, 0.15) is 0 Å². The minimum Gasteiger partial charge on any atom is -0.351 e. The van der Waals surface area contributed by atoms with Gasteiger partial charge in [-0.3, -0.25) is 14.4 Å². The molecular weight excluding hydrogens is 334 g/mol. The fourth-order valence-corrected chi connectivity index (χ4v) is 4.76. The lowest BCUT2D eigenvalue weighted by Gasteiger charge is -2.34. The maximum atomic E-state index is 13.2. The number of carbonyl (C=O) groups excluding carboxylic acids is 2. The monoisotopic (exact) mass is 359 g/mol. The molecule has 1 N–H and O–H groups in total. The van der Waals surface area contributed by atoms with Gasteiger partial charge in [0.05, 0.1) is 30.7 Å². The predicted octanol–water partition coefficient (Wildman–Crippen LogP) is 1.14. The Labute approximate surface area is 152 Å². The van der Waals surface area contributed by atoms with Gasteiger partial charge in [-0.15, -0.1) is 0 Å². The average molecular weight is 359 g/mol. The number of likely N-dealkylation sites (tertiary alicyclic amines) is 1. The van der Waals surface area contributed by atoms with Crippen molar-refractivity contribution in [2.24, 2.45) is 5.92 Å². The van der Waals surface area contributed by atoms with Gasteiger partial charge in [0.2, 0.25) is 11.5 Å². The van der Waals surface area contributed by atoms with Crippen molar-refractivity contribution in [2.75, 3.05) is 13.2 Å². The van der Waals surface area contributed by atoms with E-state index in [2.05, 4.69) is 18.8 Å². The lowest BCUT2D eigenvalue weighted by Crippen LogP contribution is -2.51. The summed E-state index contributed by atoms with van der Waals surface area (Å²) in [7, 11) is 0. The molecule has 3 saturated heterocycles. The van der Waals surface area contributed by atoms with Gasteiger partial charge in [-0.1, -0.05) is 20.8 Å². The number of amides is 2. The molecule has 1 spiro atoms. The van der Waals surface area contributed by atoms with Gasteiger partial charge in [-0.2, -0.15) is 0 Å². The van der Waals surface area contributed by atoms with Crippen molar-refractivity contribution in [3.63, 3.8) is 0 Å². The number of aromatic amines is 1. The molecule has 0 aromatic carbocycles. The molecule has 7 nitrogen and oxygen atoms in total. The third-order valence-electron chi connectivity index (χ3n) is 6.10. The van der Waals surface area contributed by atoms with Crippen molar-refractivity contribution in [1.82, 2.24) is 14.8 Å². The van der Waals surface area contributed by atoms with Crippen molar-refractivity contribution in [2.45, 2.75) is 57.8 Å². The topological polar surface area (TPSA) is 82.7 Å². The summed E-state index contributed by atoms with van der Waals surface area (Å²) < 4.78 is 6.18. The molecule has 2 amide bonds. The molecule has 140 valence electrons. The van der Waals surface area contributed by atoms with Gasteiger partial charge >= 0.3 is 0 Å². The molecular formula is C19H25N3O4. The highest BCUT2D eigenvalue weighted by Gasteiger charge is 2.65. The Kier molecular flexibility index (Phi) is 3.95. The van der Waals surface area contributed by atoms with Gasteiger partial charge in [0.25, 0.3) is 5.91 Å². The van der Waals surface area contributed by atoms with Gasteiger partial charge < -0.3 is 19.5 Å². The molecule has 0 aliphatic carbocycles. The van der Waals surface area contributed by atoms with E-state index < -0.39 is 5.72 Å². The number of ether oxygens (including phenoxy) is 1. The third-order valence-corrected chi connectivity index (χ3v) is 6.10. The number of rotatable bonds is 3. The van der Waals surface area contributed by atoms with E-state index in [1.54, 1.807) is 11.0 Å². The second-order valence-electron chi connectivity index (χ2n) is 7.77. The Morgan fingerprint density at radius 3 is 2.85 bits per heavy atom. The summed E-state index contributed by atoms with van der Waals surface area (Å²) >= 11 is 0. The zero-order valence-electron chi connectivity index (χ0n) is 15.4. The van der Waals surface area contributed by atoms with E-state index in [1.165, 1.54) is 6.07 Å². The van der Waals surface area contributed by atoms with E-state index in [4.69, 9.17) is 4.74 Å². The van der Waals surface area contributed by atoms with E-state index in [-0.39, 0.29) is 29.5 Å². The zero-order chi connectivity index (χ0) is 18.6. The van der Waals surface area contributed by atoms with Gasteiger partial charge in [0.15, 0.2) is 5.72 Å². The van der Waals surface area contributed by atoms with E-state index >= 15 is 0 Å². The second kappa shape index (κ2) is 5.94. The number of hydrogen-bond donors (Lipinski definition) is 1. The van der Waals surface area contributed by atoms with Crippen LogP contribution in [0.4, 0.5) is 0 Å². The standard InChI is InChI=1S/C19H25N3O4/c1-4-13-12(5-6-16(23)20-13)18(25)21-8-7-19-15(21)9-17(24)22(19)14(10-26-19)11(2)3/h5-6,11,14-15H,4,7-10H2,1-3H3,(H,20,23)/t14-,15+,19-/m0/s1. The van der Waals surface area contributed by atoms with Crippen LogP contribution in [0.25, 0.3) is 0 Å². The first-order chi connectivity index (χ1) is 12.4. The van der Waals surface area contributed by atoms with Crippen LogP contribution in [0.15, 0.2) is 16.9 Å². The number of hydrogen-bond acceptors (Lipinski definition) is 4. The Hall–Kier alpha value is -2.15. The van der Waals surface area contributed by atoms with Crippen LogP contribution in [-0.2, 0) is 16.0 Å². The summed E-state index contributed by atoms with van der Waals surface area (Å²) in [5.41, 5.74) is 0.263. The molecule has 1 aromatic rings. The first kappa shape index (κ1) is 17.3. The summed E-state index contributed by atoms with van der Waals surface area (Å²) in [5, 5.41) is 0. The summed E-state index contributed by atoms with van der Waals surface area (Å²) in [4.78, 5) is 43.9. The molecule has 3 fully saturated rings.